The second-order valence-corrected chi connectivity index (χ2v) is 5.80. The molecule has 0 aliphatic carbocycles. The van der Waals surface area contributed by atoms with Gasteiger partial charge in [0.15, 0.2) is 27.1 Å². The van der Waals surface area contributed by atoms with Crippen molar-refractivity contribution < 1.29 is 22.7 Å². The summed E-state index contributed by atoms with van der Waals surface area (Å²) in [6, 6.07) is 2.77. The number of hydrogen-bond acceptors (Lipinski definition) is 5. The van der Waals surface area contributed by atoms with Gasteiger partial charge in [-0.1, -0.05) is 0 Å². The van der Waals surface area contributed by atoms with Gasteiger partial charge in [0.2, 0.25) is 0 Å². The first-order chi connectivity index (χ1) is 7.89. The van der Waals surface area contributed by atoms with E-state index in [1.54, 1.807) is 0 Å². The van der Waals surface area contributed by atoms with Gasteiger partial charge < -0.3 is 9.47 Å². The summed E-state index contributed by atoms with van der Waals surface area (Å²) in [6.45, 7) is 2.08. The molecule has 0 radical (unpaired) electrons. The number of ether oxygens (including phenoxy) is 2. The monoisotopic (exact) mass is 256 g/mol. The molecule has 17 heavy (non-hydrogen) atoms. The minimum Gasteiger partial charge on any atom is -0.486 e. The Morgan fingerprint density at radius 3 is 2.18 bits per heavy atom. The molecule has 5 nitrogen and oxygen atoms in total. The third kappa shape index (κ3) is 2.26. The number of ketones is 1. The second kappa shape index (κ2) is 4.03. The highest BCUT2D eigenvalue weighted by atomic mass is 32.2. The number of carbonyl (C=O) groups excluding carboxylic acids is 1. The van der Waals surface area contributed by atoms with E-state index >= 15 is 0 Å². The van der Waals surface area contributed by atoms with Gasteiger partial charge in [-0.15, -0.1) is 0 Å². The molecule has 0 aromatic heterocycles. The molecule has 0 bridgehead atoms. The average molecular weight is 256 g/mol. The molecule has 0 spiro atoms. The topological polar surface area (TPSA) is 69.7 Å². The average Bonchev–Trinajstić information content (AvgIpc) is 2.26. The quantitative estimate of drug-likeness (QED) is 0.740. The molecule has 92 valence electrons. The van der Waals surface area contributed by atoms with Crippen molar-refractivity contribution in [3.05, 3.63) is 17.7 Å². The van der Waals surface area contributed by atoms with Crippen LogP contribution in [0.2, 0.25) is 0 Å². The van der Waals surface area contributed by atoms with Crippen LogP contribution in [0.1, 0.15) is 17.3 Å². The highest BCUT2D eigenvalue weighted by molar-refractivity contribution is 7.90. The lowest BCUT2D eigenvalue weighted by atomic mass is 10.1. The van der Waals surface area contributed by atoms with Crippen LogP contribution in [0.3, 0.4) is 0 Å². The lowest BCUT2D eigenvalue weighted by Gasteiger charge is -2.20. The van der Waals surface area contributed by atoms with E-state index in [1.807, 2.05) is 0 Å². The highest BCUT2D eigenvalue weighted by Gasteiger charge is 2.22. The van der Waals surface area contributed by atoms with Crippen LogP contribution in [0.5, 0.6) is 11.5 Å². The van der Waals surface area contributed by atoms with Gasteiger partial charge in [-0.3, -0.25) is 4.79 Å². The standard InChI is InChI=1S/C11H12O5S/c1-7(12)8-5-9-10(16-4-3-15-9)6-11(8)17(2,13)14/h5-6H,3-4H2,1-2H3. The fourth-order valence-electron chi connectivity index (χ4n) is 1.65. The van der Waals surface area contributed by atoms with Crippen LogP contribution in [0.25, 0.3) is 0 Å². The van der Waals surface area contributed by atoms with E-state index in [0.717, 1.165) is 6.26 Å². The molecule has 0 fully saturated rings. The number of carbonyl (C=O) groups is 1. The number of benzene rings is 1. The van der Waals surface area contributed by atoms with Crippen molar-refractivity contribution in [1.82, 2.24) is 0 Å². The molecule has 1 aliphatic heterocycles. The van der Waals surface area contributed by atoms with Gasteiger partial charge in [0.05, 0.1) is 4.90 Å². The molecule has 0 saturated carbocycles. The van der Waals surface area contributed by atoms with E-state index in [9.17, 15) is 13.2 Å². The highest BCUT2D eigenvalue weighted by Crippen LogP contribution is 2.35. The Labute approximate surface area is 99.3 Å². The van der Waals surface area contributed by atoms with Gasteiger partial charge in [0.25, 0.3) is 0 Å². The van der Waals surface area contributed by atoms with Crippen molar-refractivity contribution >= 4 is 15.6 Å². The SMILES string of the molecule is CC(=O)c1cc2c(cc1S(C)(=O)=O)OCCO2. The number of sulfone groups is 1. The molecule has 0 amide bonds. The summed E-state index contributed by atoms with van der Waals surface area (Å²) in [7, 11) is -3.47. The van der Waals surface area contributed by atoms with E-state index < -0.39 is 9.84 Å². The van der Waals surface area contributed by atoms with Gasteiger partial charge in [-0.25, -0.2) is 8.42 Å². The predicted octanol–water partition coefficient (Wildman–Crippen LogP) is 1.06. The summed E-state index contributed by atoms with van der Waals surface area (Å²) < 4.78 is 33.8. The summed E-state index contributed by atoms with van der Waals surface area (Å²) >= 11 is 0. The maximum absolute atomic E-state index is 11.6. The summed E-state index contributed by atoms with van der Waals surface area (Å²) in [6.07, 6.45) is 1.06. The van der Waals surface area contributed by atoms with Crippen molar-refractivity contribution in [2.24, 2.45) is 0 Å². The van der Waals surface area contributed by atoms with Gasteiger partial charge in [0, 0.05) is 17.9 Å². The molecule has 1 aliphatic rings. The first-order valence-corrected chi connectivity index (χ1v) is 6.93. The number of Topliss-reactive ketones (excluding diaryl/α,β-unsaturated/α-hetero) is 1. The number of hydrogen-bond donors (Lipinski definition) is 0. The molecule has 0 saturated heterocycles. The summed E-state index contributed by atoms with van der Waals surface area (Å²) in [5.41, 5.74) is 0.136. The maximum Gasteiger partial charge on any atom is 0.176 e. The van der Waals surface area contributed by atoms with Crippen LogP contribution in [-0.2, 0) is 9.84 Å². The Bertz CT molecular complexity index is 574. The minimum absolute atomic E-state index is 0.0192. The molecule has 1 aromatic carbocycles. The zero-order valence-electron chi connectivity index (χ0n) is 9.52. The van der Waals surface area contributed by atoms with Crippen LogP contribution >= 0.6 is 0 Å². The molecule has 1 heterocycles. The van der Waals surface area contributed by atoms with E-state index in [1.165, 1.54) is 19.1 Å². The Hall–Kier alpha value is -1.56. The summed E-state index contributed by atoms with van der Waals surface area (Å²) in [5.74, 6) is 0.456. The Morgan fingerprint density at radius 1 is 1.18 bits per heavy atom. The van der Waals surface area contributed by atoms with Crippen LogP contribution in [0, 0.1) is 0 Å². The third-order valence-electron chi connectivity index (χ3n) is 2.42. The largest absolute Gasteiger partial charge is 0.486 e. The first kappa shape index (κ1) is 11.9. The van der Waals surface area contributed by atoms with Gasteiger partial charge in [-0.2, -0.15) is 0 Å². The van der Waals surface area contributed by atoms with Gasteiger partial charge >= 0.3 is 0 Å². The normalized spacial score (nSPS) is 14.5. The van der Waals surface area contributed by atoms with Crippen LogP contribution in [0.4, 0.5) is 0 Å². The molecule has 0 atom stereocenters. The fraction of sp³-hybridized carbons (Fsp3) is 0.364. The van der Waals surface area contributed by atoms with Crippen molar-refractivity contribution in [3.63, 3.8) is 0 Å². The van der Waals surface area contributed by atoms with Gasteiger partial charge in [-0.05, 0) is 13.0 Å². The van der Waals surface area contributed by atoms with Crippen molar-refractivity contribution in [2.75, 3.05) is 19.5 Å². The van der Waals surface area contributed by atoms with Crippen molar-refractivity contribution in [2.45, 2.75) is 11.8 Å². The Balaban J connectivity index is 2.69. The number of fused-ring (bicyclic) bond motifs is 1. The molecule has 1 aromatic rings. The van der Waals surface area contributed by atoms with Crippen LogP contribution in [-0.4, -0.2) is 33.7 Å². The van der Waals surface area contributed by atoms with E-state index in [0.29, 0.717) is 24.7 Å². The lowest BCUT2D eigenvalue weighted by molar-refractivity contribution is 0.101. The first-order valence-electron chi connectivity index (χ1n) is 5.04. The van der Waals surface area contributed by atoms with Crippen molar-refractivity contribution in [1.29, 1.82) is 0 Å². The van der Waals surface area contributed by atoms with Gasteiger partial charge in [0.1, 0.15) is 13.2 Å². The maximum atomic E-state index is 11.6. The molecule has 0 N–H and O–H groups in total. The van der Waals surface area contributed by atoms with E-state index in [-0.39, 0.29) is 16.2 Å². The number of rotatable bonds is 2. The molecular weight excluding hydrogens is 244 g/mol. The van der Waals surface area contributed by atoms with E-state index in [2.05, 4.69) is 0 Å². The third-order valence-corrected chi connectivity index (χ3v) is 3.56. The molecular formula is C11H12O5S. The van der Waals surface area contributed by atoms with Crippen LogP contribution in [0.15, 0.2) is 17.0 Å². The Kier molecular flexibility index (Phi) is 2.82. The zero-order chi connectivity index (χ0) is 12.6. The minimum atomic E-state index is -3.47. The van der Waals surface area contributed by atoms with E-state index in [4.69, 9.17) is 9.47 Å². The fourth-order valence-corrected chi connectivity index (χ4v) is 2.58. The second-order valence-electron chi connectivity index (χ2n) is 3.82. The molecule has 2 rings (SSSR count). The predicted molar refractivity (Wildman–Crippen MR) is 60.5 cm³/mol. The van der Waals surface area contributed by atoms with Crippen LogP contribution < -0.4 is 9.47 Å². The Morgan fingerprint density at radius 2 is 1.71 bits per heavy atom. The summed E-state index contributed by atoms with van der Waals surface area (Å²) in [5, 5.41) is 0. The van der Waals surface area contributed by atoms with Crippen molar-refractivity contribution in [3.8, 4) is 11.5 Å². The molecule has 0 unspecified atom stereocenters. The smallest absolute Gasteiger partial charge is 0.176 e. The summed E-state index contributed by atoms with van der Waals surface area (Å²) in [4.78, 5) is 11.4. The zero-order valence-corrected chi connectivity index (χ0v) is 10.3. The lowest BCUT2D eigenvalue weighted by Crippen LogP contribution is -2.17. The molecule has 6 heteroatoms.